The van der Waals surface area contributed by atoms with Gasteiger partial charge in [-0.1, -0.05) is 74.0 Å². The van der Waals surface area contributed by atoms with Crippen LogP contribution in [0.5, 0.6) is 0 Å². The Morgan fingerprint density at radius 2 is 1.16 bits per heavy atom. The van der Waals surface area contributed by atoms with Crippen LogP contribution in [0.15, 0.2) is 11.6 Å². The summed E-state index contributed by atoms with van der Waals surface area (Å²) in [6.07, 6.45) is 4.40. The third kappa shape index (κ3) is 8.56. The predicted octanol–water partition coefficient (Wildman–Crippen LogP) is 8.23. The fourth-order valence-electron chi connectivity index (χ4n) is 5.02. The molecule has 0 saturated heterocycles. The van der Waals surface area contributed by atoms with E-state index in [1.165, 1.54) is 5.57 Å². The van der Waals surface area contributed by atoms with Gasteiger partial charge in [0.25, 0.3) is 0 Å². The van der Waals surface area contributed by atoms with Crippen molar-refractivity contribution in [1.82, 2.24) is 0 Å². The second kappa shape index (κ2) is 14.8. The van der Waals surface area contributed by atoms with Crippen LogP contribution in [0.3, 0.4) is 0 Å². The lowest BCUT2D eigenvalue weighted by atomic mass is 9.82. The molecule has 0 heterocycles. The molecule has 5 heteroatoms. The Balaban J connectivity index is 6.22. The van der Waals surface area contributed by atoms with Gasteiger partial charge in [0.05, 0.1) is 12.2 Å². The normalized spacial score (nSPS) is 18.4. The van der Waals surface area contributed by atoms with Gasteiger partial charge in [-0.15, -0.1) is 0 Å². The van der Waals surface area contributed by atoms with Crippen LogP contribution in [0.25, 0.3) is 0 Å². The molecule has 0 amide bonds. The van der Waals surface area contributed by atoms with Gasteiger partial charge in [-0.05, 0) is 62.5 Å². The topological polar surface area (TPSA) is 35.5 Å². The van der Waals surface area contributed by atoms with Crippen molar-refractivity contribution in [2.75, 3.05) is 0 Å². The zero-order valence-corrected chi connectivity index (χ0v) is 24.7. The van der Waals surface area contributed by atoms with Crippen molar-refractivity contribution in [1.29, 1.82) is 0 Å². The molecule has 0 aromatic heterocycles. The number of carbonyl (C=O) groups is 1. The third-order valence-electron chi connectivity index (χ3n) is 8.11. The first-order valence-corrected chi connectivity index (χ1v) is 18.1. The van der Waals surface area contributed by atoms with Crippen LogP contribution in [0.4, 0.5) is 0 Å². The van der Waals surface area contributed by atoms with Crippen LogP contribution >= 0.6 is 0 Å². The van der Waals surface area contributed by atoms with Gasteiger partial charge in [-0.2, -0.15) is 0 Å². The van der Waals surface area contributed by atoms with E-state index in [4.69, 9.17) is 8.85 Å². The number of hydrogen-bond acceptors (Lipinski definition) is 3. The van der Waals surface area contributed by atoms with Gasteiger partial charge in [0.1, 0.15) is 6.29 Å². The minimum Gasteiger partial charge on any atom is -0.413 e. The molecule has 0 unspecified atom stereocenters. The molecule has 0 fully saturated rings. The van der Waals surface area contributed by atoms with Crippen molar-refractivity contribution in [2.24, 2.45) is 17.8 Å². The Bertz CT molecular complexity index is 510. The molecular weight excluding hydrogens is 416 g/mol. The quantitative estimate of drug-likeness (QED) is 0.122. The van der Waals surface area contributed by atoms with Crippen molar-refractivity contribution < 1.29 is 13.6 Å². The lowest BCUT2D eigenvalue weighted by Crippen LogP contribution is -2.52. The Labute approximate surface area is 197 Å². The maximum Gasteiger partial charge on any atom is 0.192 e. The van der Waals surface area contributed by atoms with Crippen molar-refractivity contribution in [2.45, 2.75) is 131 Å². The van der Waals surface area contributed by atoms with Gasteiger partial charge < -0.3 is 13.6 Å². The van der Waals surface area contributed by atoms with Crippen LogP contribution in [-0.2, 0) is 13.6 Å². The molecule has 0 spiro atoms. The SMILES string of the molecule is C/C=C(\C)C[C@H](C)[C@H](O[Si](CC)(CC)CC)[C@@H](C)[C@@H](O[Si](CC)(CC)CC)[C@H](C)C=O. The maximum absolute atomic E-state index is 12.0. The van der Waals surface area contributed by atoms with Gasteiger partial charge in [-0.3, -0.25) is 0 Å². The number of carbonyl (C=O) groups excluding carboxylic acids is 1. The highest BCUT2D eigenvalue weighted by molar-refractivity contribution is 6.74. The number of rotatable bonds is 17. The Morgan fingerprint density at radius 1 is 0.774 bits per heavy atom. The van der Waals surface area contributed by atoms with E-state index in [1.54, 1.807) is 0 Å². The smallest absolute Gasteiger partial charge is 0.192 e. The summed E-state index contributed by atoms with van der Waals surface area (Å²) in [5.74, 6) is 0.468. The van der Waals surface area contributed by atoms with Gasteiger partial charge >= 0.3 is 0 Å². The molecule has 0 saturated carbocycles. The molecule has 0 radical (unpaired) electrons. The summed E-state index contributed by atoms with van der Waals surface area (Å²) >= 11 is 0. The summed E-state index contributed by atoms with van der Waals surface area (Å²) in [6.45, 7) is 24.7. The molecule has 0 bridgehead atoms. The van der Waals surface area contributed by atoms with Gasteiger partial charge in [0.15, 0.2) is 16.6 Å². The van der Waals surface area contributed by atoms with Crippen molar-refractivity contribution in [3.63, 3.8) is 0 Å². The molecule has 5 atom stereocenters. The highest BCUT2D eigenvalue weighted by Crippen LogP contribution is 2.36. The molecule has 0 aromatic rings. The largest absolute Gasteiger partial charge is 0.413 e. The molecule has 0 aromatic carbocycles. The standard InChI is InChI=1S/C26H54O3Si2/c1-12-21(8)19-22(9)25(28-30(13-2,14-3)15-4)24(11)26(23(10)20-27)29-31(16-5,17-6)18-7/h12,20,22-26H,13-19H2,1-11H3/b21-12+/t22-,23+,24+,25-,26-/m0/s1. The molecule has 0 aliphatic rings. The average Bonchev–Trinajstić information content (AvgIpc) is 2.80. The molecule has 0 N–H and O–H groups in total. The van der Waals surface area contributed by atoms with E-state index < -0.39 is 16.6 Å². The molecule has 0 aliphatic carbocycles. The predicted molar refractivity (Wildman–Crippen MR) is 142 cm³/mol. The van der Waals surface area contributed by atoms with Crippen molar-refractivity contribution >= 4 is 22.9 Å². The fourth-order valence-corrected chi connectivity index (χ4v) is 11.0. The summed E-state index contributed by atoms with van der Waals surface area (Å²) in [4.78, 5) is 12.0. The summed E-state index contributed by atoms with van der Waals surface area (Å²) in [7, 11) is -3.63. The van der Waals surface area contributed by atoms with E-state index in [9.17, 15) is 4.79 Å². The van der Waals surface area contributed by atoms with Crippen molar-refractivity contribution in [3.05, 3.63) is 11.6 Å². The summed E-state index contributed by atoms with van der Waals surface area (Å²) in [6, 6.07) is 6.74. The zero-order chi connectivity index (χ0) is 24.2. The monoisotopic (exact) mass is 470 g/mol. The van der Waals surface area contributed by atoms with E-state index >= 15 is 0 Å². The molecular formula is C26H54O3Si2. The number of aldehydes is 1. The maximum atomic E-state index is 12.0. The van der Waals surface area contributed by atoms with Crippen LogP contribution in [0.1, 0.15) is 82.6 Å². The summed E-state index contributed by atoms with van der Waals surface area (Å²) < 4.78 is 14.2. The summed E-state index contributed by atoms with van der Waals surface area (Å²) in [5, 5.41) is 0. The molecule has 0 aliphatic heterocycles. The zero-order valence-electron chi connectivity index (χ0n) is 22.7. The molecule has 31 heavy (non-hydrogen) atoms. The van der Waals surface area contributed by atoms with Crippen LogP contribution in [-0.4, -0.2) is 35.1 Å². The first-order chi connectivity index (χ1) is 14.6. The van der Waals surface area contributed by atoms with E-state index in [2.05, 4.69) is 75.3 Å². The van der Waals surface area contributed by atoms with Crippen LogP contribution < -0.4 is 0 Å². The van der Waals surface area contributed by atoms with E-state index in [1.807, 2.05) is 6.92 Å². The van der Waals surface area contributed by atoms with Gasteiger partial charge in [0.2, 0.25) is 0 Å². The second-order valence-electron chi connectivity index (χ2n) is 9.82. The molecule has 0 rings (SSSR count). The van der Waals surface area contributed by atoms with Crippen molar-refractivity contribution in [3.8, 4) is 0 Å². The third-order valence-corrected chi connectivity index (χ3v) is 17.4. The number of allylic oxidation sites excluding steroid dienone is 2. The Kier molecular flexibility index (Phi) is 14.7. The molecule has 184 valence electrons. The second-order valence-corrected chi connectivity index (χ2v) is 19.3. The fraction of sp³-hybridized carbons (Fsp3) is 0.885. The van der Waals surface area contributed by atoms with E-state index in [0.29, 0.717) is 5.92 Å². The highest BCUT2D eigenvalue weighted by atomic mass is 28.4. The first kappa shape index (κ1) is 30.8. The molecule has 3 nitrogen and oxygen atoms in total. The Hall–Kier alpha value is -0.236. The van der Waals surface area contributed by atoms with Crippen LogP contribution in [0, 0.1) is 17.8 Å². The number of hydrogen-bond donors (Lipinski definition) is 0. The minimum absolute atomic E-state index is 0.0698. The van der Waals surface area contributed by atoms with E-state index in [0.717, 1.165) is 49.0 Å². The highest BCUT2D eigenvalue weighted by Gasteiger charge is 2.43. The van der Waals surface area contributed by atoms with Crippen LogP contribution in [0.2, 0.25) is 36.3 Å². The van der Waals surface area contributed by atoms with E-state index in [-0.39, 0.29) is 24.0 Å². The lowest BCUT2D eigenvalue weighted by Gasteiger charge is -2.44. The Morgan fingerprint density at radius 3 is 1.48 bits per heavy atom. The average molecular weight is 471 g/mol. The summed E-state index contributed by atoms with van der Waals surface area (Å²) in [5.41, 5.74) is 1.41. The first-order valence-electron chi connectivity index (χ1n) is 13.0. The van der Waals surface area contributed by atoms with Gasteiger partial charge in [-0.25, -0.2) is 0 Å². The lowest BCUT2D eigenvalue weighted by molar-refractivity contribution is -0.115. The minimum atomic E-state index is -1.84. The van der Waals surface area contributed by atoms with Gasteiger partial charge in [0, 0.05) is 11.8 Å².